The van der Waals surface area contributed by atoms with Gasteiger partial charge in [-0.25, -0.2) is 0 Å². The van der Waals surface area contributed by atoms with Crippen molar-refractivity contribution in [2.75, 3.05) is 7.11 Å². The average molecular weight is 168 g/mol. The lowest BCUT2D eigenvalue weighted by molar-refractivity contribution is -0.0268. The van der Waals surface area contributed by atoms with Crippen LogP contribution in [0.4, 0.5) is 0 Å². The first kappa shape index (κ1) is 8.55. The molecule has 1 nitrogen and oxygen atoms in total. The monoisotopic (exact) mass is 168 g/mol. The second-order valence-electron chi connectivity index (χ2n) is 5.43. The second kappa shape index (κ2) is 2.25. The van der Waals surface area contributed by atoms with Crippen LogP contribution in [0.15, 0.2) is 0 Å². The summed E-state index contributed by atoms with van der Waals surface area (Å²) in [5.41, 5.74) is 0.811. The Labute approximate surface area is 75.5 Å². The predicted molar refractivity (Wildman–Crippen MR) is 50.0 cm³/mol. The van der Waals surface area contributed by atoms with Crippen molar-refractivity contribution in [3.8, 4) is 0 Å². The fourth-order valence-electron chi connectivity index (χ4n) is 3.05. The molecule has 12 heavy (non-hydrogen) atoms. The van der Waals surface area contributed by atoms with Crippen molar-refractivity contribution in [3.05, 3.63) is 0 Å². The molecule has 0 aliphatic heterocycles. The Balaban J connectivity index is 2.05. The minimum Gasteiger partial charge on any atom is -0.379 e. The molecule has 0 heterocycles. The zero-order chi connectivity index (χ0) is 8.98. The van der Waals surface area contributed by atoms with Gasteiger partial charge >= 0.3 is 0 Å². The summed E-state index contributed by atoms with van der Waals surface area (Å²) >= 11 is 0. The molecule has 2 aliphatic rings. The largest absolute Gasteiger partial charge is 0.379 e. The summed E-state index contributed by atoms with van der Waals surface area (Å²) in [4.78, 5) is 0. The molecular weight excluding hydrogens is 148 g/mol. The number of rotatable bonds is 1. The van der Waals surface area contributed by atoms with Gasteiger partial charge in [-0.05, 0) is 43.4 Å². The molecule has 2 rings (SSSR count). The fourth-order valence-corrected chi connectivity index (χ4v) is 3.05. The molecule has 2 aliphatic carbocycles. The zero-order valence-electron chi connectivity index (χ0n) is 8.68. The van der Waals surface area contributed by atoms with E-state index in [4.69, 9.17) is 4.74 Å². The van der Waals surface area contributed by atoms with Crippen molar-refractivity contribution in [2.24, 2.45) is 17.3 Å². The Morgan fingerprint density at radius 3 is 2.33 bits per heavy atom. The van der Waals surface area contributed by atoms with E-state index in [2.05, 4.69) is 20.8 Å². The SMILES string of the molecule is COC1(C)CCC2C(C1)C2(C)C. The van der Waals surface area contributed by atoms with Crippen LogP contribution in [0.3, 0.4) is 0 Å². The topological polar surface area (TPSA) is 9.23 Å². The molecule has 0 aromatic heterocycles. The number of ether oxygens (including phenoxy) is 1. The highest BCUT2D eigenvalue weighted by atomic mass is 16.5. The minimum absolute atomic E-state index is 0.189. The van der Waals surface area contributed by atoms with Crippen LogP contribution in [0, 0.1) is 17.3 Å². The normalized spacial score (nSPS) is 50.0. The molecule has 1 heteroatoms. The van der Waals surface area contributed by atoms with Gasteiger partial charge in [0.2, 0.25) is 0 Å². The van der Waals surface area contributed by atoms with Gasteiger partial charge in [-0.15, -0.1) is 0 Å². The highest BCUT2D eigenvalue weighted by molar-refractivity contribution is 5.10. The Bertz CT molecular complexity index is 197. The van der Waals surface area contributed by atoms with Crippen LogP contribution in [-0.4, -0.2) is 12.7 Å². The van der Waals surface area contributed by atoms with E-state index in [0.29, 0.717) is 5.41 Å². The van der Waals surface area contributed by atoms with E-state index in [1.165, 1.54) is 19.3 Å². The molecule has 3 atom stereocenters. The molecule has 0 bridgehead atoms. The lowest BCUT2D eigenvalue weighted by Gasteiger charge is -2.31. The van der Waals surface area contributed by atoms with E-state index in [1.54, 1.807) is 0 Å². The quantitative estimate of drug-likeness (QED) is 0.585. The van der Waals surface area contributed by atoms with Gasteiger partial charge in [-0.2, -0.15) is 0 Å². The first-order valence-electron chi connectivity index (χ1n) is 5.05. The van der Waals surface area contributed by atoms with Crippen LogP contribution < -0.4 is 0 Å². The molecule has 0 saturated heterocycles. The summed E-state index contributed by atoms with van der Waals surface area (Å²) in [5, 5.41) is 0. The summed E-state index contributed by atoms with van der Waals surface area (Å²) < 4.78 is 5.57. The van der Waals surface area contributed by atoms with Crippen molar-refractivity contribution in [2.45, 2.75) is 45.6 Å². The summed E-state index contributed by atoms with van der Waals surface area (Å²) in [6.45, 7) is 7.07. The van der Waals surface area contributed by atoms with Gasteiger partial charge in [0.25, 0.3) is 0 Å². The second-order valence-corrected chi connectivity index (χ2v) is 5.43. The summed E-state index contributed by atoms with van der Waals surface area (Å²) in [6, 6.07) is 0. The highest BCUT2D eigenvalue weighted by Crippen LogP contribution is 2.66. The van der Waals surface area contributed by atoms with Gasteiger partial charge in [-0.1, -0.05) is 13.8 Å². The van der Waals surface area contributed by atoms with Crippen molar-refractivity contribution < 1.29 is 4.74 Å². The number of methoxy groups -OCH3 is 1. The van der Waals surface area contributed by atoms with Crippen LogP contribution in [0.5, 0.6) is 0 Å². The van der Waals surface area contributed by atoms with E-state index >= 15 is 0 Å². The third-order valence-corrected chi connectivity index (χ3v) is 4.42. The van der Waals surface area contributed by atoms with Crippen molar-refractivity contribution in [1.29, 1.82) is 0 Å². The van der Waals surface area contributed by atoms with Crippen molar-refractivity contribution >= 4 is 0 Å². The Hall–Kier alpha value is -0.0400. The molecular formula is C11H20O. The van der Waals surface area contributed by atoms with E-state index in [-0.39, 0.29) is 5.60 Å². The summed E-state index contributed by atoms with van der Waals surface area (Å²) in [6.07, 6.45) is 3.91. The maximum absolute atomic E-state index is 5.57. The van der Waals surface area contributed by atoms with Crippen molar-refractivity contribution in [1.82, 2.24) is 0 Å². The van der Waals surface area contributed by atoms with Gasteiger partial charge in [0.1, 0.15) is 0 Å². The molecule has 3 unspecified atom stereocenters. The lowest BCUT2D eigenvalue weighted by Crippen LogP contribution is -2.30. The minimum atomic E-state index is 0.189. The summed E-state index contributed by atoms with van der Waals surface area (Å²) in [5.74, 6) is 1.94. The molecule has 0 aromatic carbocycles. The third kappa shape index (κ3) is 1.02. The maximum atomic E-state index is 5.57. The first-order valence-corrected chi connectivity index (χ1v) is 5.05. The zero-order valence-corrected chi connectivity index (χ0v) is 8.68. The molecule has 70 valence electrons. The van der Waals surface area contributed by atoms with Gasteiger partial charge in [0.15, 0.2) is 0 Å². The maximum Gasteiger partial charge on any atom is 0.0653 e. The van der Waals surface area contributed by atoms with Crippen molar-refractivity contribution in [3.63, 3.8) is 0 Å². The van der Waals surface area contributed by atoms with Gasteiger partial charge in [-0.3, -0.25) is 0 Å². The molecule has 0 amide bonds. The number of fused-ring (bicyclic) bond motifs is 1. The molecule has 0 N–H and O–H groups in total. The predicted octanol–water partition coefficient (Wildman–Crippen LogP) is 2.85. The molecule has 0 spiro atoms. The van der Waals surface area contributed by atoms with Gasteiger partial charge in [0, 0.05) is 7.11 Å². The van der Waals surface area contributed by atoms with E-state index in [9.17, 15) is 0 Å². The van der Waals surface area contributed by atoms with E-state index < -0.39 is 0 Å². The van der Waals surface area contributed by atoms with Crippen LogP contribution in [0.2, 0.25) is 0 Å². The number of hydrogen-bond donors (Lipinski definition) is 0. The Morgan fingerprint density at radius 2 is 1.83 bits per heavy atom. The standard InChI is InChI=1S/C11H20O/c1-10(2)8-5-6-11(3,12-4)7-9(8)10/h8-9H,5-7H2,1-4H3. The first-order chi connectivity index (χ1) is 5.49. The number of hydrogen-bond acceptors (Lipinski definition) is 1. The van der Waals surface area contributed by atoms with Gasteiger partial charge in [0.05, 0.1) is 5.60 Å². The Kier molecular flexibility index (Phi) is 1.61. The molecule has 2 fully saturated rings. The average Bonchev–Trinajstić information content (AvgIpc) is 2.54. The highest BCUT2D eigenvalue weighted by Gasteiger charge is 2.61. The van der Waals surface area contributed by atoms with E-state index in [1.807, 2.05) is 7.11 Å². The third-order valence-electron chi connectivity index (χ3n) is 4.42. The summed E-state index contributed by atoms with van der Waals surface area (Å²) in [7, 11) is 1.86. The van der Waals surface area contributed by atoms with Crippen LogP contribution in [0.1, 0.15) is 40.0 Å². The lowest BCUT2D eigenvalue weighted by atomic mass is 9.86. The molecule has 2 saturated carbocycles. The fraction of sp³-hybridized carbons (Fsp3) is 1.00. The van der Waals surface area contributed by atoms with E-state index in [0.717, 1.165) is 11.8 Å². The smallest absolute Gasteiger partial charge is 0.0653 e. The molecule has 0 radical (unpaired) electrons. The van der Waals surface area contributed by atoms with Crippen LogP contribution in [0.25, 0.3) is 0 Å². The van der Waals surface area contributed by atoms with Gasteiger partial charge < -0.3 is 4.74 Å². The van der Waals surface area contributed by atoms with Crippen LogP contribution in [-0.2, 0) is 4.74 Å². The molecule has 0 aromatic rings. The van der Waals surface area contributed by atoms with Crippen LogP contribution >= 0.6 is 0 Å². The Morgan fingerprint density at radius 1 is 1.17 bits per heavy atom.